The molecule has 0 aromatic rings. The molecule has 2 rings (SSSR count). The van der Waals surface area contributed by atoms with Gasteiger partial charge in [0.05, 0.1) is 0 Å². The molecule has 2 aliphatic heterocycles. The van der Waals surface area contributed by atoms with Crippen molar-refractivity contribution in [1.29, 1.82) is 0 Å². The topological polar surface area (TPSA) is 26.8 Å². The van der Waals surface area contributed by atoms with Gasteiger partial charge < -0.3 is 14.7 Å². The van der Waals surface area contributed by atoms with Crippen LogP contribution in [0, 0.1) is 5.92 Å². The lowest BCUT2D eigenvalue weighted by Crippen LogP contribution is -2.50. The zero-order valence-corrected chi connectivity index (χ0v) is 12.1. The molecule has 0 spiro atoms. The molecule has 2 fully saturated rings. The number of likely N-dealkylation sites (N-methyl/N-ethyl adjacent to an activating group) is 1. The molecule has 0 aromatic carbocycles. The summed E-state index contributed by atoms with van der Waals surface area (Å²) < 4.78 is 0. The quantitative estimate of drug-likeness (QED) is 0.659. The molecule has 18 heavy (non-hydrogen) atoms. The van der Waals surface area contributed by atoms with Crippen LogP contribution in [0.1, 0.15) is 33.1 Å². The third kappa shape index (κ3) is 3.16. The van der Waals surface area contributed by atoms with E-state index in [1.165, 1.54) is 0 Å². The molecule has 0 radical (unpaired) electrons. The van der Waals surface area contributed by atoms with Crippen molar-refractivity contribution in [3.8, 4) is 0 Å². The van der Waals surface area contributed by atoms with Gasteiger partial charge in [0, 0.05) is 32.2 Å². The normalized spacial score (nSPS) is 28.3. The van der Waals surface area contributed by atoms with Gasteiger partial charge in [-0.25, -0.2) is 4.79 Å². The van der Waals surface area contributed by atoms with Gasteiger partial charge in [-0.05, 0) is 45.7 Å². The maximum Gasteiger partial charge on any atom is 0.320 e. The SMILES string of the molecule is CC1CCN(C(=O)N2CCCN(C)CC2C)CC1. The molecule has 104 valence electrons. The minimum atomic E-state index is 0.268. The van der Waals surface area contributed by atoms with Crippen LogP contribution in [0.2, 0.25) is 0 Å². The van der Waals surface area contributed by atoms with E-state index in [1.54, 1.807) is 0 Å². The van der Waals surface area contributed by atoms with Crippen molar-refractivity contribution in [1.82, 2.24) is 14.7 Å². The third-order valence-corrected chi connectivity index (χ3v) is 4.35. The molecule has 4 heteroatoms. The molecule has 0 N–H and O–H groups in total. The summed E-state index contributed by atoms with van der Waals surface area (Å²) in [5.74, 6) is 0.779. The zero-order valence-electron chi connectivity index (χ0n) is 12.1. The van der Waals surface area contributed by atoms with Crippen LogP contribution in [0.15, 0.2) is 0 Å². The van der Waals surface area contributed by atoms with Gasteiger partial charge in [0.2, 0.25) is 0 Å². The van der Waals surface area contributed by atoms with Crippen molar-refractivity contribution in [3.63, 3.8) is 0 Å². The lowest BCUT2D eigenvalue weighted by Gasteiger charge is -2.37. The highest BCUT2D eigenvalue weighted by atomic mass is 16.2. The number of carbonyl (C=O) groups excluding carboxylic acids is 1. The van der Waals surface area contributed by atoms with Crippen LogP contribution in [0.3, 0.4) is 0 Å². The van der Waals surface area contributed by atoms with Gasteiger partial charge in [-0.15, -0.1) is 0 Å². The average Bonchev–Trinajstić information content (AvgIpc) is 2.50. The minimum Gasteiger partial charge on any atom is -0.325 e. The fourth-order valence-electron chi connectivity index (χ4n) is 3.04. The first-order valence-corrected chi connectivity index (χ1v) is 7.32. The Morgan fingerprint density at radius 3 is 2.39 bits per heavy atom. The first-order valence-electron chi connectivity index (χ1n) is 7.32. The van der Waals surface area contributed by atoms with Crippen molar-refractivity contribution < 1.29 is 4.79 Å². The zero-order chi connectivity index (χ0) is 13.1. The molecular weight excluding hydrogens is 226 g/mol. The third-order valence-electron chi connectivity index (χ3n) is 4.35. The highest BCUT2D eigenvalue weighted by Gasteiger charge is 2.29. The molecule has 0 aliphatic carbocycles. The first kappa shape index (κ1) is 13.7. The lowest BCUT2D eigenvalue weighted by molar-refractivity contribution is 0.121. The van der Waals surface area contributed by atoms with Crippen LogP contribution in [0.4, 0.5) is 4.79 Å². The number of nitrogens with zero attached hydrogens (tertiary/aromatic N) is 3. The van der Waals surface area contributed by atoms with Crippen molar-refractivity contribution in [3.05, 3.63) is 0 Å². The molecule has 0 aromatic heterocycles. The van der Waals surface area contributed by atoms with Crippen LogP contribution in [0.5, 0.6) is 0 Å². The fraction of sp³-hybridized carbons (Fsp3) is 0.929. The Kier molecular flexibility index (Phi) is 4.49. The van der Waals surface area contributed by atoms with E-state index in [-0.39, 0.29) is 6.03 Å². The fourth-order valence-corrected chi connectivity index (χ4v) is 3.04. The van der Waals surface area contributed by atoms with Gasteiger partial charge in [-0.2, -0.15) is 0 Å². The molecule has 2 aliphatic rings. The lowest BCUT2D eigenvalue weighted by atomic mass is 9.99. The van der Waals surface area contributed by atoms with E-state index < -0.39 is 0 Å². The molecule has 2 saturated heterocycles. The maximum atomic E-state index is 12.6. The first-order chi connectivity index (χ1) is 8.58. The second kappa shape index (κ2) is 5.91. The Morgan fingerprint density at radius 1 is 1.06 bits per heavy atom. The molecule has 4 nitrogen and oxygen atoms in total. The Morgan fingerprint density at radius 2 is 1.72 bits per heavy atom. The number of urea groups is 1. The van der Waals surface area contributed by atoms with Gasteiger partial charge in [0.1, 0.15) is 0 Å². The summed E-state index contributed by atoms with van der Waals surface area (Å²) in [7, 11) is 2.15. The number of piperidine rings is 1. The van der Waals surface area contributed by atoms with E-state index in [2.05, 4.69) is 35.6 Å². The van der Waals surface area contributed by atoms with E-state index in [4.69, 9.17) is 0 Å². The average molecular weight is 253 g/mol. The molecule has 1 atom stereocenters. The predicted octanol–water partition coefficient (Wildman–Crippen LogP) is 1.86. The number of likely N-dealkylation sites (tertiary alicyclic amines) is 1. The monoisotopic (exact) mass is 253 g/mol. The summed E-state index contributed by atoms with van der Waals surface area (Å²) in [5, 5.41) is 0. The Labute approximate surface area is 111 Å². The maximum absolute atomic E-state index is 12.6. The van der Waals surface area contributed by atoms with Crippen LogP contribution in [-0.2, 0) is 0 Å². The van der Waals surface area contributed by atoms with Crippen molar-refractivity contribution in [2.24, 2.45) is 5.92 Å². The smallest absolute Gasteiger partial charge is 0.320 e. The van der Waals surface area contributed by atoms with Crippen LogP contribution >= 0.6 is 0 Å². The van der Waals surface area contributed by atoms with Crippen molar-refractivity contribution >= 4 is 6.03 Å². The number of amides is 2. The highest BCUT2D eigenvalue weighted by Crippen LogP contribution is 2.19. The van der Waals surface area contributed by atoms with E-state index >= 15 is 0 Å². The van der Waals surface area contributed by atoms with Gasteiger partial charge >= 0.3 is 6.03 Å². The molecule has 0 saturated carbocycles. The summed E-state index contributed by atoms with van der Waals surface area (Å²) in [6.07, 6.45) is 3.42. The van der Waals surface area contributed by atoms with Crippen molar-refractivity contribution in [2.45, 2.75) is 39.2 Å². The summed E-state index contributed by atoms with van der Waals surface area (Å²) in [6, 6.07) is 0.606. The van der Waals surface area contributed by atoms with E-state index in [1.807, 2.05) is 0 Å². The van der Waals surface area contributed by atoms with Gasteiger partial charge in [-0.3, -0.25) is 0 Å². The molecular formula is C14H27N3O. The summed E-state index contributed by atoms with van der Waals surface area (Å²) in [6.45, 7) is 9.35. The number of hydrogen-bond donors (Lipinski definition) is 0. The van der Waals surface area contributed by atoms with Gasteiger partial charge in [0.25, 0.3) is 0 Å². The largest absolute Gasteiger partial charge is 0.325 e. The minimum absolute atomic E-state index is 0.268. The molecule has 0 bridgehead atoms. The molecule has 2 heterocycles. The van der Waals surface area contributed by atoms with Crippen LogP contribution in [0.25, 0.3) is 0 Å². The Hall–Kier alpha value is -0.770. The van der Waals surface area contributed by atoms with Crippen LogP contribution < -0.4 is 0 Å². The second-order valence-electron chi connectivity index (χ2n) is 6.11. The van der Waals surface area contributed by atoms with Gasteiger partial charge in [-0.1, -0.05) is 6.92 Å². The molecule has 2 amide bonds. The Balaban J connectivity index is 1.94. The van der Waals surface area contributed by atoms with E-state index in [9.17, 15) is 4.79 Å². The summed E-state index contributed by atoms with van der Waals surface area (Å²) >= 11 is 0. The molecule has 1 unspecified atom stereocenters. The van der Waals surface area contributed by atoms with E-state index in [0.717, 1.165) is 57.9 Å². The standard InChI is InChI=1S/C14H27N3O/c1-12-5-9-16(10-6-12)14(18)17-8-4-7-15(3)11-13(17)2/h12-13H,4-11H2,1-3H3. The number of hydrogen-bond acceptors (Lipinski definition) is 2. The van der Waals surface area contributed by atoms with Gasteiger partial charge in [0.15, 0.2) is 0 Å². The van der Waals surface area contributed by atoms with Crippen molar-refractivity contribution in [2.75, 3.05) is 39.8 Å². The Bertz CT molecular complexity index is 287. The highest BCUT2D eigenvalue weighted by molar-refractivity contribution is 5.75. The number of rotatable bonds is 0. The van der Waals surface area contributed by atoms with Crippen LogP contribution in [-0.4, -0.2) is 66.5 Å². The van der Waals surface area contributed by atoms with E-state index in [0.29, 0.717) is 6.04 Å². The summed E-state index contributed by atoms with van der Waals surface area (Å²) in [4.78, 5) is 19.0. The number of carbonyl (C=O) groups is 1. The second-order valence-corrected chi connectivity index (χ2v) is 6.11. The predicted molar refractivity (Wildman–Crippen MR) is 73.6 cm³/mol. The summed E-state index contributed by atoms with van der Waals surface area (Å²) in [5.41, 5.74) is 0.